The van der Waals surface area contributed by atoms with Gasteiger partial charge in [0.25, 0.3) is 5.91 Å². The number of amides is 1. The number of rotatable bonds is 2. The fourth-order valence-corrected chi connectivity index (χ4v) is 2.78. The zero-order valence-corrected chi connectivity index (χ0v) is 12.7. The molecular formula is C16H16N2O4. The van der Waals surface area contributed by atoms with Gasteiger partial charge in [0.05, 0.1) is 18.4 Å². The van der Waals surface area contributed by atoms with E-state index in [1.165, 1.54) is 7.11 Å². The number of aryl methyl sites for hydroxylation is 2. The van der Waals surface area contributed by atoms with E-state index in [9.17, 15) is 9.59 Å². The van der Waals surface area contributed by atoms with Crippen molar-refractivity contribution >= 4 is 17.6 Å². The average Bonchev–Trinajstić information content (AvgIpc) is 3.08. The maximum absolute atomic E-state index is 12.7. The molecule has 0 saturated carbocycles. The molecule has 0 unspecified atom stereocenters. The van der Waals surface area contributed by atoms with E-state index < -0.39 is 0 Å². The van der Waals surface area contributed by atoms with E-state index in [0.29, 0.717) is 35.5 Å². The smallest absolute Gasteiger partial charge is 0.337 e. The van der Waals surface area contributed by atoms with Crippen LogP contribution < -0.4 is 4.90 Å². The summed E-state index contributed by atoms with van der Waals surface area (Å²) in [5.74, 6) is 0.0150. The summed E-state index contributed by atoms with van der Waals surface area (Å²) in [5, 5.41) is 3.83. The number of esters is 1. The van der Waals surface area contributed by atoms with Gasteiger partial charge >= 0.3 is 5.97 Å². The Balaban J connectivity index is 1.95. The number of methoxy groups -OCH3 is 1. The summed E-state index contributed by atoms with van der Waals surface area (Å²) < 4.78 is 9.79. The van der Waals surface area contributed by atoms with E-state index >= 15 is 0 Å². The molecule has 1 aliphatic rings. The topological polar surface area (TPSA) is 72.6 Å². The van der Waals surface area contributed by atoms with E-state index in [-0.39, 0.29) is 11.9 Å². The van der Waals surface area contributed by atoms with Crippen LogP contribution in [0.4, 0.5) is 5.69 Å². The highest BCUT2D eigenvalue weighted by molar-refractivity contribution is 6.08. The van der Waals surface area contributed by atoms with Crippen molar-refractivity contribution < 1.29 is 18.8 Å². The number of hydrogen-bond donors (Lipinski definition) is 0. The molecule has 114 valence electrons. The van der Waals surface area contributed by atoms with Gasteiger partial charge < -0.3 is 14.2 Å². The molecule has 0 saturated heterocycles. The molecule has 3 rings (SSSR count). The monoisotopic (exact) mass is 300 g/mol. The third-order valence-corrected chi connectivity index (χ3v) is 3.89. The summed E-state index contributed by atoms with van der Waals surface area (Å²) in [7, 11) is 1.35. The molecule has 1 aliphatic heterocycles. The van der Waals surface area contributed by atoms with Gasteiger partial charge in [0.15, 0.2) is 0 Å². The van der Waals surface area contributed by atoms with E-state index in [1.807, 2.05) is 0 Å². The SMILES string of the molecule is COC(=O)c1ccc2c(c1)CCN2C(=O)c1c(C)noc1C. The minimum absolute atomic E-state index is 0.124. The second kappa shape index (κ2) is 5.29. The fraction of sp³-hybridized carbons (Fsp3) is 0.312. The molecule has 0 aliphatic carbocycles. The highest BCUT2D eigenvalue weighted by atomic mass is 16.5. The number of ether oxygens (including phenoxy) is 1. The Morgan fingerprint density at radius 3 is 2.73 bits per heavy atom. The Morgan fingerprint density at radius 1 is 1.32 bits per heavy atom. The zero-order valence-electron chi connectivity index (χ0n) is 12.7. The van der Waals surface area contributed by atoms with Crippen molar-refractivity contribution in [3.63, 3.8) is 0 Å². The van der Waals surface area contributed by atoms with Crippen LogP contribution in [-0.2, 0) is 11.2 Å². The first-order valence-corrected chi connectivity index (χ1v) is 6.99. The minimum Gasteiger partial charge on any atom is -0.465 e. The zero-order chi connectivity index (χ0) is 15.9. The number of carbonyl (C=O) groups is 2. The summed E-state index contributed by atoms with van der Waals surface area (Å²) in [6, 6.07) is 5.23. The van der Waals surface area contributed by atoms with Crippen LogP contribution in [0.25, 0.3) is 0 Å². The molecule has 2 heterocycles. The highest BCUT2D eigenvalue weighted by Gasteiger charge is 2.30. The van der Waals surface area contributed by atoms with Gasteiger partial charge in [0, 0.05) is 12.2 Å². The lowest BCUT2D eigenvalue weighted by molar-refractivity contribution is 0.0600. The largest absolute Gasteiger partial charge is 0.465 e. The molecule has 1 aromatic carbocycles. The Kier molecular flexibility index (Phi) is 3.44. The van der Waals surface area contributed by atoms with Gasteiger partial charge in [-0.1, -0.05) is 5.16 Å². The van der Waals surface area contributed by atoms with Gasteiger partial charge in [0.2, 0.25) is 0 Å². The first kappa shape index (κ1) is 14.3. The molecule has 2 aromatic rings. The van der Waals surface area contributed by atoms with Crippen molar-refractivity contribution in [2.24, 2.45) is 0 Å². The molecule has 0 atom stereocenters. The Morgan fingerprint density at radius 2 is 2.09 bits per heavy atom. The molecular weight excluding hydrogens is 284 g/mol. The van der Waals surface area contributed by atoms with Gasteiger partial charge in [-0.05, 0) is 44.0 Å². The van der Waals surface area contributed by atoms with Gasteiger partial charge in [-0.25, -0.2) is 4.79 Å². The molecule has 0 fully saturated rings. The number of aromatic nitrogens is 1. The van der Waals surface area contributed by atoms with Crippen LogP contribution in [0.3, 0.4) is 0 Å². The van der Waals surface area contributed by atoms with Crippen molar-refractivity contribution in [3.05, 3.63) is 46.3 Å². The summed E-state index contributed by atoms with van der Waals surface area (Å²) in [6.45, 7) is 4.05. The molecule has 0 spiro atoms. The molecule has 1 amide bonds. The maximum atomic E-state index is 12.7. The quantitative estimate of drug-likeness (QED) is 0.796. The average molecular weight is 300 g/mol. The predicted molar refractivity (Wildman–Crippen MR) is 79.1 cm³/mol. The Bertz CT molecular complexity index is 744. The lowest BCUT2D eigenvalue weighted by Gasteiger charge is -2.17. The summed E-state index contributed by atoms with van der Waals surface area (Å²) >= 11 is 0. The summed E-state index contributed by atoms with van der Waals surface area (Å²) in [4.78, 5) is 26.0. The lowest BCUT2D eigenvalue weighted by atomic mass is 10.1. The fourth-order valence-electron chi connectivity index (χ4n) is 2.78. The first-order chi connectivity index (χ1) is 10.5. The Hall–Kier alpha value is -2.63. The van der Waals surface area contributed by atoms with E-state index in [0.717, 1.165) is 11.3 Å². The van der Waals surface area contributed by atoms with Crippen LogP contribution in [0.1, 0.15) is 37.7 Å². The van der Waals surface area contributed by atoms with Crippen LogP contribution in [0.15, 0.2) is 22.7 Å². The molecule has 22 heavy (non-hydrogen) atoms. The third kappa shape index (κ3) is 2.16. The first-order valence-electron chi connectivity index (χ1n) is 6.99. The molecule has 6 nitrogen and oxygen atoms in total. The van der Waals surface area contributed by atoms with Crippen LogP contribution >= 0.6 is 0 Å². The minimum atomic E-state index is -0.377. The van der Waals surface area contributed by atoms with Gasteiger partial charge in [-0.3, -0.25) is 4.79 Å². The van der Waals surface area contributed by atoms with Crippen LogP contribution in [0.5, 0.6) is 0 Å². The van der Waals surface area contributed by atoms with Crippen molar-refractivity contribution in [3.8, 4) is 0 Å². The number of anilines is 1. The van der Waals surface area contributed by atoms with Crippen LogP contribution in [-0.4, -0.2) is 30.7 Å². The number of nitrogens with zero attached hydrogens (tertiary/aromatic N) is 2. The highest BCUT2D eigenvalue weighted by Crippen LogP contribution is 2.31. The second-order valence-corrected chi connectivity index (χ2v) is 5.24. The third-order valence-electron chi connectivity index (χ3n) is 3.89. The molecule has 6 heteroatoms. The Labute approximate surface area is 127 Å². The van der Waals surface area contributed by atoms with Crippen molar-refractivity contribution in [1.29, 1.82) is 0 Å². The van der Waals surface area contributed by atoms with Crippen molar-refractivity contribution in [1.82, 2.24) is 5.16 Å². The van der Waals surface area contributed by atoms with E-state index in [2.05, 4.69) is 5.16 Å². The van der Waals surface area contributed by atoms with Gasteiger partial charge in [-0.15, -0.1) is 0 Å². The predicted octanol–water partition coefficient (Wildman–Crippen LogP) is 2.28. The van der Waals surface area contributed by atoms with Crippen LogP contribution in [0, 0.1) is 13.8 Å². The summed E-state index contributed by atoms with van der Waals surface area (Å²) in [6.07, 6.45) is 0.704. The second-order valence-electron chi connectivity index (χ2n) is 5.24. The normalized spacial score (nSPS) is 13.1. The van der Waals surface area contributed by atoms with Gasteiger partial charge in [0.1, 0.15) is 11.3 Å². The van der Waals surface area contributed by atoms with Crippen molar-refractivity contribution in [2.75, 3.05) is 18.6 Å². The lowest BCUT2D eigenvalue weighted by Crippen LogP contribution is -2.29. The molecule has 0 bridgehead atoms. The standard InChI is InChI=1S/C16H16N2O4/c1-9-14(10(2)22-17-9)15(19)18-7-6-11-8-12(16(20)21-3)4-5-13(11)18/h4-5,8H,6-7H2,1-3H3. The van der Waals surface area contributed by atoms with Crippen LogP contribution in [0.2, 0.25) is 0 Å². The number of benzene rings is 1. The maximum Gasteiger partial charge on any atom is 0.337 e. The number of carbonyl (C=O) groups excluding carboxylic acids is 2. The molecule has 0 radical (unpaired) electrons. The number of fused-ring (bicyclic) bond motifs is 1. The van der Waals surface area contributed by atoms with E-state index in [4.69, 9.17) is 9.26 Å². The van der Waals surface area contributed by atoms with Crippen molar-refractivity contribution in [2.45, 2.75) is 20.3 Å². The van der Waals surface area contributed by atoms with E-state index in [1.54, 1.807) is 36.9 Å². The molecule has 0 N–H and O–H groups in total. The number of hydrogen-bond acceptors (Lipinski definition) is 5. The molecule has 1 aromatic heterocycles. The summed E-state index contributed by atoms with van der Waals surface area (Å²) in [5.41, 5.74) is 3.36. The van der Waals surface area contributed by atoms with Gasteiger partial charge in [-0.2, -0.15) is 0 Å².